The van der Waals surface area contributed by atoms with Crippen LogP contribution in [0.25, 0.3) is 0 Å². The van der Waals surface area contributed by atoms with Gasteiger partial charge in [0.1, 0.15) is 6.10 Å². The van der Waals surface area contributed by atoms with Crippen LogP contribution in [-0.2, 0) is 30.8 Å². The molecule has 10 heteroatoms. The van der Waals surface area contributed by atoms with Crippen LogP contribution in [0.15, 0.2) is 29.2 Å². The van der Waals surface area contributed by atoms with E-state index in [2.05, 4.69) is 5.32 Å². The van der Waals surface area contributed by atoms with Gasteiger partial charge in [0.25, 0.3) is 0 Å². The summed E-state index contributed by atoms with van der Waals surface area (Å²) in [5, 5.41) is 2.83. The molecule has 8 nitrogen and oxygen atoms in total. The maximum atomic E-state index is 12.6. The van der Waals surface area contributed by atoms with E-state index in [-0.39, 0.29) is 29.3 Å². The Morgan fingerprint density at radius 2 is 1.85 bits per heavy atom. The number of rotatable bonds is 6. The van der Waals surface area contributed by atoms with E-state index in [1.165, 1.54) is 4.31 Å². The summed E-state index contributed by atoms with van der Waals surface area (Å²) < 4.78 is 37.3. The standard InChI is InChI=1S/C17H25N3O5S.ClH/c18-11-14-3-6-16(25-14)17(21)19-12-13-1-4-15(5-2-13)26(22,23)20-7-9-24-10-8-20;/h1-2,4-5,14,16H,3,6-12,18H2,(H,19,21);1H/t14-,16+;/m1./s1. The van der Waals surface area contributed by atoms with Gasteiger partial charge in [-0.3, -0.25) is 4.79 Å². The molecule has 1 aromatic rings. The summed E-state index contributed by atoms with van der Waals surface area (Å²) in [5.41, 5.74) is 6.37. The number of nitrogens with zero attached hydrogens (tertiary/aromatic N) is 1. The van der Waals surface area contributed by atoms with Crippen molar-refractivity contribution in [1.82, 2.24) is 9.62 Å². The highest BCUT2D eigenvalue weighted by Crippen LogP contribution is 2.20. The van der Waals surface area contributed by atoms with Crippen molar-refractivity contribution in [2.45, 2.75) is 36.5 Å². The van der Waals surface area contributed by atoms with Gasteiger partial charge in [-0.2, -0.15) is 4.31 Å². The molecular weight excluding hydrogens is 394 g/mol. The number of sulfonamides is 1. The molecule has 2 aliphatic heterocycles. The first-order chi connectivity index (χ1) is 12.5. The number of hydrogen-bond donors (Lipinski definition) is 2. The van der Waals surface area contributed by atoms with Gasteiger partial charge < -0.3 is 20.5 Å². The first kappa shape index (κ1) is 22.1. The fourth-order valence-electron chi connectivity index (χ4n) is 3.09. The number of morpholine rings is 1. The monoisotopic (exact) mass is 419 g/mol. The fourth-order valence-corrected chi connectivity index (χ4v) is 4.50. The van der Waals surface area contributed by atoms with Crippen molar-refractivity contribution in [2.75, 3.05) is 32.8 Å². The van der Waals surface area contributed by atoms with E-state index in [9.17, 15) is 13.2 Å². The number of nitrogens with one attached hydrogen (secondary N) is 1. The minimum atomic E-state index is -3.50. The summed E-state index contributed by atoms with van der Waals surface area (Å²) in [6.45, 7) is 2.30. The lowest BCUT2D eigenvalue weighted by molar-refractivity contribution is -0.132. The van der Waals surface area contributed by atoms with Crippen LogP contribution in [0, 0.1) is 0 Å². The number of ether oxygens (including phenoxy) is 2. The van der Waals surface area contributed by atoms with Crippen molar-refractivity contribution in [3.8, 4) is 0 Å². The van der Waals surface area contributed by atoms with E-state index in [0.29, 0.717) is 45.8 Å². The van der Waals surface area contributed by atoms with Gasteiger partial charge in [-0.05, 0) is 30.5 Å². The second-order valence-electron chi connectivity index (χ2n) is 6.44. The molecule has 0 radical (unpaired) electrons. The van der Waals surface area contributed by atoms with Crippen LogP contribution < -0.4 is 11.1 Å². The summed E-state index contributed by atoms with van der Waals surface area (Å²) in [4.78, 5) is 12.4. The highest BCUT2D eigenvalue weighted by molar-refractivity contribution is 7.89. The van der Waals surface area contributed by atoms with E-state index in [4.69, 9.17) is 15.2 Å². The number of benzene rings is 1. The third kappa shape index (κ3) is 5.40. The van der Waals surface area contributed by atoms with Crippen LogP contribution in [0.2, 0.25) is 0 Å². The van der Waals surface area contributed by atoms with Crippen LogP contribution in [0.1, 0.15) is 18.4 Å². The van der Waals surface area contributed by atoms with Gasteiger partial charge in [0.05, 0.1) is 24.2 Å². The van der Waals surface area contributed by atoms with Gasteiger partial charge in [-0.1, -0.05) is 12.1 Å². The van der Waals surface area contributed by atoms with Crippen molar-refractivity contribution >= 4 is 28.3 Å². The molecule has 27 heavy (non-hydrogen) atoms. The molecule has 3 N–H and O–H groups in total. The number of carbonyl (C=O) groups is 1. The molecule has 0 bridgehead atoms. The Morgan fingerprint density at radius 3 is 2.44 bits per heavy atom. The Kier molecular flexibility index (Phi) is 8.02. The van der Waals surface area contributed by atoms with Gasteiger partial charge in [0.15, 0.2) is 0 Å². The lowest BCUT2D eigenvalue weighted by Gasteiger charge is -2.26. The maximum Gasteiger partial charge on any atom is 0.249 e. The summed E-state index contributed by atoms with van der Waals surface area (Å²) >= 11 is 0. The number of hydrogen-bond acceptors (Lipinski definition) is 6. The van der Waals surface area contributed by atoms with E-state index >= 15 is 0 Å². The zero-order valence-electron chi connectivity index (χ0n) is 15.0. The van der Waals surface area contributed by atoms with Crippen LogP contribution in [0.3, 0.4) is 0 Å². The molecule has 2 aliphatic rings. The summed E-state index contributed by atoms with van der Waals surface area (Å²) in [7, 11) is -3.50. The highest BCUT2D eigenvalue weighted by Gasteiger charge is 2.29. The van der Waals surface area contributed by atoms with Crippen molar-refractivity contribution in [1.29, 1.82) is 0 Å². The molecule has 0 aromatic heterocycles. The molecular formula is C17H26ClN3O5S. The Labute approximate surface area is 165 Å². The lowest BCUT2D eigenvalue weighted by Crippen LogP contribution is -2.40. The third-order valence-electron chi connectivity index (χ3n) is 4.66. The van der Waals surface area contributed by atoms with Crippen molar-refractivity contribution in [3.05, 3.63) is 29.8 Å². The van der Waals surface area contributed by atoms with Gasteiger partial charge in [-0.25, -0.2) is 8.42 Å². The molecule has 2 heterocycles. The Bertz CT molecular complexity index is 723. The number of halogens is 1. The third-order valence-corrected chi connectivity index (χ3v) is 6.57. The molecule has 0 aliphatic carbocycles. The topological polar surface area (TPSA) is 111 Å². The number of nitrogens with two attached hydrogens (primary N) is 1. The quantitative estimate of drug-likeness (QED) is 0.683. The Hall–Kier alpha value is -1.23. The maximum absolute atomic E-state index is 12.6. The predicted octanol–water partition coefficient (Wildman–Crippen LogP) is 0.252. The molecule has 2 fully saturated rings. The SMILES string of the molecule is Cl.NC[C@H]1CC[C@@H](C(=O)NCc2ccc(S(=O)(=O)N3CCOCC3)cc2)O1. The Balaban J connectivity index is 0.00000261. The normalized spacial score (nSPS) is 23.6. The van der Waals surface area contributed by atoms with Crippen molar-refractivity contribution < 1.29 is 22.7 Å². The van der Waals surface area contributed by atoms with E-state index in [1.807, 2.05) is 0 Å². The summed E-state index contributed by atoms with van der Waals surface area (Å²) in [6.07, 6.45) is 0.965. The number of carbonyl (C=O) groups excluding carboxylic acids is 1. The minimum Gasteiger partial charge on any atom is -0.379 e. The molecule has 0 spiro atoms. The number of amides is 1. The van der Waals surface area contributed by atoms with Gasteiger partial charge in [-0.15, -0.1) is 12.4 Å². The smallest absolute Gasteiger partial charge is 0.249 e. The zero-order valence-corrected chi connectivity index (χ0v) is 16.6. The van der Waals surface area contributed by atoms with Crippen molar-refractivity contribution in [2.24, 2.45) is 5.73 Å². The molecule has 0 unspecified atom stereocenters. The second kappa shape index (κ2) is 9.81. The average molecular weight is 420 g/mol. The van der Waals surface area contributed by atoms with E-state index in [0.717, 1.165) is 12.0 Å². The van der Waals surface area contributed by atoms with Crippen LogP contribution in [0.4, 0.5) is 0 Å². The summed E-state index contributed by atoms with van der Waals surface area (Å²) in [5.74, 6) is -0.161. The van der Waals surface area contributed by atoms with Crippen molar-refractivity contribution in [3.63, 3.8) is 0 Å². The van der Waals surface area contributed by atoms with Crippen LogP contribution >= 0.6 is 12.4 Å². The highest BCUT2D eigenvalue weighted by atomic mass is 35.5. The molecule has 1 aromatic carbocycles. The molecule has 152 valence electrons. The molecule has 3 rings (SSSR count). The fraction of sp³-hybridized carbons (Fsp3) is 0.588. The minimum absolute atomic E-state index is 0. The van der Waals surface area contributed by atoms with Crippen LogP contribution in [0.5, 0.6) is 0 Å². The Morgan fingerprint density at radius 1 is 1.19 bits per heavy atom. The lowest BCUT2D eigenvalue weighted by atomic mass is 10.2. The first-order valence-electron chi connectivity index (χ1n) is 8.81. The average Bonchev–Trinajstić information content (AvgIpc) is 3.16. The van der Waals surface area contributed by atoms with E-state index in [1.54, 1.807) is 24.3 Å². The zero-order chi connectivity index (χ0) is 18.6. The first-order valence-corrected chi connectivity index (χ1v) is 10.2. The van der Waals surface area contributed by atoms with Crippen LogP contribution in [-0.4, -0.2) is 63.7 Å². The summed E-state index contributed by atoms with van der Waals surface area (Å²) in [6, 6.07) is 6.57. The van der Waals surface area contributed by atoms with Gasteiger partial charge in [0.2, 0.25) is 15.9 Å². The molecule has 2 atom stereocenters. The van der Waals surface area contributed by atoms with E-state index < -0.39 is 16.1 Å². The van der Waals surface area contributed by atoms with Gasteiger partial charge in [0, 0.05) is 26.2 Å². The molecule has 1 amide bonds. The van der Waals surface area contributed by atoms with Gasteiger partial charge >= 0.3 is 0 Å². The predicted molar refractivity (Wildman–Crippen MR) is 102 cm³/mol. The molecule has 0 saturated carbocycles. The second-order valence-corrected chi connectivity index (χ2v) is 8.38. The largest absolute Gasteiger partial charge is 0.379 e. The molecule has 2 saturated heterocycles.